The minimum absolute atomic E-state index is 0.115. The number of ether oxygens (including phenoxy) is 1. The molecule has 0 aromatic heterocycles. The van der Waals surface area contributed by atoms with Crippen LogP contribution < -0.4 is 15.8 Å². The van der Waals surface area contributed by atoms with Crippen molar-refractivity contribution in [3.63, 3.8) is 0 Å². The van der Waals surface area contributed by atoms with Gasteiger partial charge >= 0.3 is 0 Å². The molecular formula is C13H17N3O2. The van der Waals surface area contributed by atoms with Crippen molar-refractivity contribution >= 4 is 11.6 Å². The highest BCUT2D eigenvalue weighted by Gasteiger charge is 2.11. The zero-order valence-electron chi connectivity index (χ0n) is 10.6. The number of rotatable bonds is 5. The van der Waals surface area contributed by atoms with Crippen molar-refractivity contribution in [1.29, 1.82) is 5.26 Å². The number of nitrogens with two attached hydrogens (primary N) is 1. The lowest BCUT2D eigenvalue weighted by atomic mass is 10.1. The second-order valence-electron chi connectivity index (χ2n) is 4.12. The Morgan fingerprint density at radius 1 is 1.61 bits per heavy atom. The van der Waals surface area contributed by atoms with Crippen LogP contribution in [0, 0.1) is 17.2 Å². The Kier molecular flexibility index (Phi) is 5.15. The van der Waals surface area contributed by atoms with Crippen molar-refractivity contribution in [1.82, 2.24) is 0 Å². The number of amides is 1. The fraction of sp³-hybridized carbons (Fsp3) is 0.385. The molecule has 5 nitrogen and oxygen atoms in total. The van der Waals surface area contributed by atoms with Gasteiger partial charge in [0.25, 0.3) is 0 Å². The van der Waals surface area contributed by atoms with Crippen LogP contribution in [-0.2, 0) is 4.79 Å². The van der Waals surface area contributed by atoms with Crippen LogP contribution in [0.25, 0.3) is 0 Å². The van der Waals surface area contributed by atoms with Gasteiger partial charge in [-0.2, -0.15) is 5.26 Å². The lowest BCUT2D eigenvalue weighted by molar-refractivity contribution is -0.116. The Bertz CT molecular complexity index is 466. The average molecular weight is 247 g/mol. The smallest absolute Gasteiger partial charge is 0.224 e. The van der Waals surface area contributed by atoms with Gasteiger partial charge in [-0.25, -0.2) is 0 Å². The summed E-state index contributed by atoms with van der Waals surface area (Å²) in [5, 5.41) is 11.5. The van der Waals surface area contributed by atoms with E-state index in [1.807, 2.05) is 13.0 Å². The summed E-state index contributed by atoms with van der Waals surface area (Å²) >= 11 is 0. The summed E-state index contributed by atoms with van der Waals surface area (Å²) in [6.07, 6.45) is 0.361. The minimum Gasteiger partial charge on any atom is -0.495 e. The molecule has 1 aromatic rings. The summed E-state index contributed by atoms with van der Waals surface area (Å²) in [5.74, 6) is 0.494. The summed E-state index contributed by atoms with van der Waals surface area (Å²) in [6.45, 7) is 2.38. The summed E-state index contributed by atoms with van der Waals surface area (Å²) in [5.41, 5.74) is 6.51. The van der Waals surface area contributed by atoms with Crippen LogP contribution in [-0.4, -0.2) is 19.6 Å². The van der Waals surface area contributed by atoms with Gasteiger partial charge in [0.2, 0.25) is 5.91 Å². The van der Waals surface area contributed by atoms with Gasteiger partial charge in [-0.3, -0.25) is 4.79 Å². The first-order valence-corrected chi connectivity index (χ1v) is 5.68. The fourth-order valence-corrected chi connectivity index (χ4v) is 1.47. The van der Waals surface area contributed by atoms with E-state index in [9.17, 15) is 4.79 Å². The zero-order valence-corrected chi connectivity index (χ0v) is 10.6. The van der Waals surface area contributed by atoms with Crippen LogP contribution in [0.15, 0.2) is 18.2 Å². The van der Waals surface area contributed by atoms with Gasteiger partial charge in [-0.05, 0) is 24.6 Å². The quantitative estimate of drug-likeness (QED) is 0.825. The second kappa shape index (κ2) is 6.62. The van der Waals surface area contributed by atoms with Crippen LogP contribution >= 0.6 is 0 Å². The standard InChI is InChI=1S/C13H17N3O2/c1-9(7-14)5-13(17)16-11-4-3-10(8-15)6-12(11)18-2/h3-4,6,9H,5,7,14H2,1-2H3,(H,16,17). The van der Waals surface area contributed by atoms with Crippen LogP contribution in [0.1, 0.15) is 18.9 Å². The minimum atomic E-state index is -0.115. The molecule has 1 amide bonds. The van der Waals surface area contributed by atoms with Crippen molar-refractivity contribution in [3.8, 4) is 11.8 Å². The average Bonchev–Trinajstić information content (AvgIpc) is 2.38. The third-order valence-electron chi connectivity index (χ3n) is 2.54. The van der Waals surface area contributed by atoms with Crippen LogP contribution in [0.3, 0.4) is 0 Å². The molecule has 1 atom stereocenters. The van der Waals surface area contributed by atoms with E-state index < -0.39 is 0 Å². The molecule has 0 spiro atoms. The van der Waals surface area contributed by atoms with Crippen molar-refractivity contribution in [2.24, 2.45) is 11.7 Å². The van der Waals surface area contributed by atoms with E-state index >= 15 is 0 Å². The molecule has 3 N–H and O–H groups in total. The molecule has 0 saturated carbocycles. The number of nitrogens with zero attached hydrogens (tertiary/aromatic N) is 1. The predicted octanol–water partition coefficient (Wildman–Crippen LogP) is 1.49. The number of benzene rings is 1. The highest BCUT2D eigenvalue weighted by atomic mass is 16.5. The van der Waals surface area contributed by atoms with Gasteiger partial charge in [-0.15, -0.1) is 0 Å². The lowest BCUT2D eigenvalue weighted by Gasteiger charge is -2.12. The highest BCUT2D eigenvalue weighted by molar-refractivity contribution is 5.92. The number of methoxy groups -OCH3 is 1. The molecule has 18 heavy (non-hydrogen) atoms. The molecule has 1 aromatic carbocycles. The number of carbonyl (C=O) groups excluding carboxylic acids is 1. The first-order chi connectivity index (χ1) is 8.60. The molecule has 0 bridgehead atoms. The molecule has 96 valence electrons. The maximum atomic E-state index is 11.7. The molecule has 1 rings (SSSR count). The van der Waals surface area contributed by atoms with E-state index in [4.69, 9.17) is 15.7 Å². The number of hydrogen-bond acceptors (Lipinski definition) is 4. The maximum Gasteiger partial charge on any atom is 0.224 e. The molecule has 0 heterocycles. The Balaban J connectivity index is 2.78. The molecule has 0 fully saturated rings. The van der Waals surface area contributed by atoms with E-state index in [1.54, 1.807) is 18.2 Å². The molecular weight excluding hydrogens is 230 g/mol. The van der Waals surface area contributed by atoms with Crippen LogP contribution in [0.5, 0.6) is 5.75 Å². The van der Waals surface area contributed by atoms with Crippen LogP contribution in [0.4, 0.5) is 5.69 Å². The molecule has 0 aliphatic rings. The van der Waals surface area contributed by atoms with E-state index in [0.29, 0.717) is 30.0 Å². The van der Waals surface area contributed by atoms with E-state index in [1.165, 1.54) is 7.11 Å². The second-order valence-corrected chi connectivity index (χ2v) is 4.12. The van der Waals surface area contributed by atoms with E-state index in [0.717, 1.165) is 0 Å². The first-order valence-electron chi connectivity index (χ1n) is 5.68. The Labute approximate surface area is 107 Å². The topological polar surface area (TPSA) is 88.1 Å². The van der Waals surface area contributed by atoms with Gasteiger partial charge in [0.1, 0.15) is 5.75 Å². The molecule has 0 aliphatic carbocycles. The zero-order chi connectivity index (χ0) is 13.5. The van der Waals surface area contributed by atoms with Gasteiger partial charge in [0.05, 0.1) is 24.4 Å². The largest absolute Gasteiger partial charge is 0.495 e. The van der Waals surface area contributed by atoms with E-state index in [-0.39, 0.29) is 11.8 Å². The van der Waals surface area contributed by atoms with Crippen LogP contribution in [0.2, 0.25) is 0 Å². The number of anilines is 1. The third-order valence-corrected chi connectivity index (χ3v) is 2.54. The highest BCUT2D eigenvalue weighted by Crippen LogP contribution is 2.25. The van der Waals surface area contributed by atoms with Gasteiger partial charge < -0.3 is 15.8 Å². The van der Waals surface area contributed by atoms with Gasteiger partial charge in [-0.1, -0.05) is 6.92 Å². The molecule has 0 saturated heterocycles. The summed E-state index contributed by atoms with van der Waals surface area (Å²) in [6, 6.07) is 6.88. The summed E-state index contributed by atoms with van der Waals surface area (Å²) in [7, 11) is 1.49. The maximum absolute atomic E-state index is 11.7. The number of nitriles is 1. The third kappa shape index (κ3) is 3.75. The molecule has 0 aliphatic heterocycles. The lowest BCUT2D eigenvalue weighted by Crippen LogP contribution is -2.20. The normalized spacial score (nSPS) is 11.4. The predicted molar refractivity (Wildman–Crippen MR) is 69.2 cm³/mol. The van der Waals surface area contributed by atoms with Crippen molar-refractivity contribution in [3.05, 3.63) is 23.8 Å². The van der Waals surface area contributed by atoms with Crippen molar-refractivity contribution < 1.29 is 9.53 Å². The number of hydrogen-bond donors (Lipinski definition) is 2. The summed E-state index contributed by atoms with van der Waals surface area (Å²) < 4.78 is 5.13. The first kappa shape index (κ1) is 14.0. The Hall–Kier alpha value is -2.06. The fourth-order valence-electron chi connectivity index (χ4n) is 1.47. The number of carbonyl (C=O) groups is 1. The Morgan fingerprint density at radius 3 is 2.89 bits per heavy atom. The Morgan fingerprint density at radius 2 is 2.33 bits per heavy atom. The summed E-state index contributed by atoms with van der Waals surface area (Å²) in [4.78, 5) is 11.7. The molecule has 1 unspecified atom stereocenters. The molecule has 5 heteroatoms. The SMILES string of the molecule is COc1cc(C#N)ccc1NC(=O)CC(C)CN. The van der Waals surface area contributed by atoms with Gasteiger partial charge in [0.15, 0.2) is 0 Å². The van der Waals surface area contributed by atoms with E-state index in [2.05, 4.69) is 5.32 Å². The van der Waals surface area contributed by atoms with Gasteiger partial charge in [0, 0.05) is 12.5 Å². The molecule has 0 radical (unpaired) electrons. The van der Waals surface area contributed by atoms with Crippen molar-refractivity contribution in [2.75, 3.05) is 19.0 Å². The van der Waals surface area contributed by atoms with Crippen molar-refractivity contribution in [2.45, 2.75) is 13.3 Å². The monoisotopic (exact) mass is 247 g/mol. The number of nitrogens with one attached hydrogen (secondary N) is 1.